The Morgan fingerprint density at radius 2 is 1.67 bits per heavy atom. The Morgan fingerprint density at radius 3 is 2.17 bits per heavy atom. The molecule has 3 heteroatoms. The average molecular weight is 249 g/mol. The summed E-state index contributed by atoms with van der Waals surface area (Å²) in [5, 5.41) is 0. The van der Waals surface area contributed by atoms with Gasteiger partial charge in [0, 0.05) is 24.6 Å². The minimum atomic E-state index is -0.525. The van der Waals surface area contributed by atoms with Crippen LogP contribution in [-0.4, -0.2) is 23.3 Å². The van der Waals surface area contributed by atoms with Crippen molar-refractivity contribution >= 4 is 17.3 Å². The third-order valence-electron chi connectivity index (χ3n) is 3.97. The molecular weight excluding hydrogens is 226 g/mol. The minimum Gasteiger partial charge on any atom is -0.298 e. The Morgan fingerprint density at radius 1 is 1.11 bits per heavy atom. The lowest BCUT2D eigenvalue weighted by molar-refractivity contribution is -0.136. The van der Waals surface area contributed by atoms with Crippen molar-refractivity contribution in [1.82, 2.24) is 0 Å². The van der Waals surface area contributed by atoms with Gasteiger partial charge < -0.3 is 0 Å². The standard InChI is InChI=1S/C15H23NO2/c1-9-5-10(2)16-11(6-9)14-12(17)7-15(3,4)8-13(14)18/h9-10,14H,5-8H2,1-4H3. The van der Waals surface area contributed by atoms with E-state index in [4.69, 9.17) is 0 Å². The number of hydrogen-bond acceptors (Lipinski definition) is 3. The third-order valence-corrected chi connectivity index (χ3v) is 3.97. The fourth-order valence-electron chi connectivity index (χ4n) is 3.36. The van der Waals surface area contributed by atoms with E-state index in [-0.39, 0.29) is 23.0 Å². The van der Waals surface area contributed by atoms with Crippen molar-refractivity contribution in [2.24, 2.45) is 22.2 Å². The Balaban J connectivity index is 2.23. The second kappa shape index (κ2) is 4.60. The van der Waals surface area contributed by atoms with Crippen LogP contribution in [0.25, 0.3) is 0 Å². The fraction of sp³-hybridized carbons (Fsp3) is 0.800. The van der Waals surface area contributed by atoms with Crippen LogP contribution in [-0.2, 0) is 9.59 Å². The largest absolute Gasteiger partial charge is 0.298 e. The molecule has 1 aliphatic carbocycles. The van der Waals surface area contributed by atoms with Gasteiger partial charge >= 0.3 is 0 Å². The first-order chi connectivity index (χ1) is 8.28. The quantitative estimate of drug-likeness (QED) is 0.671. The van der Waals surface area contributed by atoms with E-state index in [0.29, 0.717) is 18.8 Å². The molecule has 1 fully saturated rings. The molecule has 0 spiro atoms. The zero-order chi connectivity index (χ0) is 13.5. The molecule has 0 aromatic heterocycles. The van der Waals surface area contributed by atoms with E-state index in [2.05, 4.69) is 18.8 Å². The van der Waals surface area contributed by atoms with Crippen LogP contribution < -0.4 is 0 Å². The summed E-state index contributed by atoms with van der Waals surface area (Å²) in [4.78, 5) is 29.0. The van der Waals surface area contributed by atoms with E-state index in [1.807, 2.05) is 13.8 Å². The third kappa shape index (κ3) is 2.70. The molecule has 0 radical (unpaired) electrons. The molecule has 1 heterocycles. The summed E-state index contributed by atoms with van der Waals surface area (Å²) in [5.41, 5.74) is 0.684. The van der Waals surface area contributed by atoms with E-state index in [1.54, 1.807) is 0 Å². The van der Waals surface area contributed by atoms with Crippen molar-refractivity contribution in [3.8, 4) is 0 Å². The first kappa shape index (κ1) is 13.4. The molecule has 0 saturated heterocycles. The molecule has 2 aliphatic rings. The Bertz CT molecular complexity index is 389. The molecule has 100 valence electrons. The number of hydrogen-bond donors (Lipinski definition) is 0. The maximum atomic E-state index is 12.2. The molecule has 2 rings (SSSR count). The van der Waals surface area contributed by atoms with Gasteiger partial charge in [-0.3, -0.25) is 14.6 Å². The van der Waals surface area contributed by atoms with E-state index >= 15 is 0 Å². The van der Waals surface area contributed by atoms with Gasteiger partial charge in [0.1, 0.15) is 17.5 Å². The highest BCUT2D eigenvalue weighted by atomic mass is 16.2. The molecule has 2 atom stereocenters. The summed E-state index contributed by atoms with van der Waals surface area (Å²) >= 11 is 0. The van der Waals surface area contributed by atoms with Crippen molar-refractivity contribution in [1.29, 1.82) is 0 Å². The molecule has 18 heavy (non-hydrogen) atoms. The van der Waals surface area contributed by atoms with Crippen LogP contribution in [0.1, 0.15) is 53.4 Å². The molecule has 0 amide bonds. The van der Waals surface area contributed by atoms with E-state index in [9.17, 15) is 9.59 Å². The summed E-state index contributed by atoms with van der Waals surface area (Å²) in [5.74, 6) is 0.166. The smallest absolute Gasteiger partial charge is 0.149 e. The van der Waals surface area contributed by atoms with Crippen LogP contribution in [0.3, 0.4) is 0 Å². The van der Waals surface area contributed by atoms with E-state index in [0.717, 1.165) is 18.6 Å². The Labute approximate surface area is 109 Å². The minimum absolute atomic E-state index is 0.0799. The van der Waals surface area contributed by atoms with Crippen LogP contribution in [0.5, 0.6) is 0 Å². The molecule has 3 nitrogen and oxygen atoms in total. The van der Waals surface area contributed by atoms with Crippen molar-refractivity contribution in [3.63, 3.8) is 0 Å². The van der Waals surface area contributed by atoms with Crippen molar-refractivity contribution < 1.29 is 9.59 Å². The molecule has 0 bridgehead atoms. The molecular formula is C15H23NO2. The monoisotopic (exact) mass is 249 g/mol. The maximum Gasteiger partial charge on any atom is 0.149 e. The van der Waals surface area contributed by atoms with Gasteiger partial charge in [0.25, 0.3) is 0 Å². The first-order valence-corrected chi connectivity index (χ1v) is 6.90. The van der Waals surface area contributed by atoms with Crippen LogP contribution in [0.15, 0.2) is 4.99 Å². The zero-order valence-electron chi connectivity index (χ0n) is 11.8. The maximum absolute atomic E-state index is 12.2. The van der Waals surface area contributed by atoms with Gasteiger partial charge in [-0.2, -0.15) is 0 Å². The van der Waals surface area contributed by atoms with Crippen molar-refractivity contribution in [2.45, 2.75) is 59.4 Å². The van der Waals surface area contributed by atoms with Crippen LogP contribution in [0.4, 0.5) is 0 Å². The normalized spacial score (nSPS) is 33.4. The summed E-state index contributed by atoms with van der Waals surface area (Å²) in [6, 6.07) is 0.249. The second-order valence-electron chi connectivity index (χ2n) is 6.90. The number of aliphatic imine (C=N–C) groups is 1. The van der Waals surface area contributed by atoms with Gasteiger partial charge in [-0.25, -0.2) is 0 Å². The summed E-state index contributed by atoms with van der Waals surface area (Å²) < 4.78 is 0. The lowest BCUT2D eigenvalue weighted by Gasteiger charge is -2.34. The summed E-state index contributed by atoms with van der Waals surface area (Å²) in [6.07, 6.45) is 2.88. The molecule has 0 aromatic rings. The summed E-state index contributed by atoms with van der Waals surface area (Å²) in [6.45, 7) is 8.23. The zero-order valence-corrected chi connectivity index (χ0v) is 11.8. The molecule has 2 unspecified atom stereocenters. The lowest BCUT2D eigenvalue weighted by atomic mass is 9.69. The van der Waals surface area contributed by atoms with Gasteiger partial charge in [-0.15, -0.1) is 0 Å². The predicted molar refractivity (Wildman–Crippen MR) is 71.8 cm³/mol. The number of nitrogens with zero attached hydrogens (tertiary/aromatic N) is 1. The first-order valence-electron chi connectivity index (χ1n) is 6.90. The van der Waals surface area contributed by atoms with Gasteiger partial charge in [0.2, 0.25) is 0 Å². The average Bonchev–Trinajstić information content (AvgIpc) is 2.11. The Hall–Kier alpha value is -0.990. The lowest BCUT2D eigenvalue weighted by Crippen LogP contribution is -2.43. The highest BCUT2D eigenvalue weighted by Crippen LogP contribution is 2.36. The number of carbonyl (C=O) groups is 2. The highest BCUT2D eigenvalue weighted by Gasteiger charge is 2.42. The van der Waals surface area contributed by atoms with Crippen molar-refractivity contribution in [2.75, 3.05) is 0 Å². The van der Waals surface area contributed by atoms with E-state index < -0.39 is 5.92 Å². The van der Waals surface area contributed by atoms with Crippen molar-refractivity contribution in [3.05, 3.63) is 0 Å². The second-order valence-corrected chi connectivity index (χ2v) is 6.90. The van der Waals surface area contributed by atoms with Crippen LogP contribution in [0.2, 0.25) is 0 Å². The van der Waals surface area contributed by atoms with Crippen LogP contribution in [0, 0.1) is 17.3 Å². The Kier molecular flexibility index (Phi) is 3.43. The fourth-order valence-corrected chi connectivity index (χ4v) is 3.36. The summed E-state index contributed by atoms with van der Waals surface area (Å²) in [7, 11) is 0. The number of rotatable bonds is 1. The number of ketones is 2. The number of carbonyl (C=O) groups excluding carboxylic acids is 2. The van der Waals surface area contributed by atoms with Gasteiger partial charge in [-0.05, 0) is 31.1 Å². The number of Topliss-reactive ketones (excluding diaryl/α,β-unsaturated/α-hetero) is 2. The molecule has 1 aliphatic heterocycles. The molecule has 0 aromatic carbocycles. The van der Waals surface area contributed by atoms with E-state index in [1.165, 1.54) is 0 Å². The van der Waals surface area contributed by atoms with Crippen LogP contribution >= 0.6 is 0 Å². The van der Waals surface area contributed by atoms with Gasteiger partial charge in [0.05, 0.1) is 0 Å². The topological polar surface area (TPSA) is 46.5 Å². The van der Waals surface area contributed by atoms with Gasteiger partial charge in [0.15, 0.2) is 0 Å². The van der Waals surface area contributed by atoms with Gasteiger partial charge in [-0.1, -0.05) is 20.8 Å². The molecule has 0 N–H and O–H groups in total. The highest BCUT2D eigenvalue weighted by molar-refractivity contribution is 6.22. The predicted octanol–water partition coefficient (Wildman–Crippen LogP) is 2.82. The SMILES string of the molecule is CC1CC(C2C(=O)CC(C)(C)CC2=O)=NC(C)C1. The molecule has 1 saturated carbocycles.